The second-order valence-corrected chi connectivity index (χ2v) is 7.45. The third-order valence-corrected chi connectivity index (χ3v) is 4.70. The quantitative estimate of drug-likeness (QED) is 0.655. The highest BCUT2D eigenvalue weighted by Crippen LogP contribution is 2.15. The van der Waals surface area contributed by atoms with Gasteiger partial charge in [-0.3, -0.25) is 9.59 Å². The van der Waals surface area contributed by atoms with E-state index in [2.05, 4.69) is 11.9 Å². The maximum atomic E-state index is 13.0. The molecule has 29 heavy (non-hydrogen) atoms. The summed E-state index contributed by atoms with van der Waals surface area (Å²) in [5.74, 6) is 0.377. The number of hydrogen-bond donors (Lipinski definition) is 1. The summed E-state index contributed by atoms with van der Waals surface area (Å²) in [6.07, 6.45) is 1.69. The van der Waals surface area contributed by atoms with Crippen LogP contribution in [0.2, 0.25) is 0 Å². The first-order valence-corrected chi connectivity index (χ1v) is 9.77. The molecule has 0 aromatic heterocycles. The number of rotatable bonds is 9. The molecule has 2 aromatic rings. The monoisotopic (exact) mass is 394 g/mol. The number of benzene rings is 2. The van der Waals surface area contributed by atoms with E-state index in [4.69, 9.17) is 4.74 Å². The zero-order valence-corrected chi connectivity index (χ0v) is 17.6. The summed E-state index contributed by atoms with van der Waals surface area (Å²) in [5.41, 5.74) is 2.45. The topological polar surface area (TPSA) is 58.6 Å². The smallest absolute Gasteiger partial charge is 0.252 e. The van der Waals surface area contributed by atoms with Crippen molar-refractivity contribution in [1.29, 1.82) is 0 Å². The van der Waals surface area contributed by atoms with Gasteiger partial charge in [0, 0.05) is 19.2 Å². The number of likely N-dealkylation sites (N-methyl/N-ethyl adjacent to an activating group) is 1. The molecule has 5 nitrogen and oxygen atoms in total. The molecule has 154 valence electrons. The Hall–Kier alpha value is -3.08. The van der Waals surface area contributed by atoms with Crippen LogP contribution >= 0.6 is 0 Å². The number of ether oxygens (including phenoxy) is 1. The van der Waals surface area contributed by atoms with Crippen LogP contribution in [0.15, 0.2) is 61.2 Å². The van der Waals surface area contributed by atoms with E-state index in [9.17, 15) is 9.59 Å². The number of aryl methyl sites for hydroxylation is 1. The molecule has 1 atom stereocenters. The van der Waals surface area contributed by atoms with E-state index >= 15 is 0 Å². The first-order chi connectivity index (χ1) is 13.8. The van der Waals surface area contributed by atoms with E-state index in [0.717, 1.165) is 16.9 Å². The third-order valence-electron chi connectivity index (χ3n) is 4.70. The Balaban J connectivity index is 2.04. The SMILES string of the molecule is C=CCOc1ccc(CN(C)C(=O)[C@@H](NC(=O)c2ccccc2C)C(C)C)cc1. The lowest BCUT2D eigenvalue weighted by atomic mass is 10.0. The molecule has 2 amide bonds. The minimum absolute atomic E-state index is 0.0346. The number of carbonyl (C=O) groups is 2. The van der Waals surface area contributed by atoms with Crippen LogP contribution in [0.1, 0.15) is 35.3 Å². The van der Waals surface area contributed by atoms with E-state index in [0.29, 0.717) is 18.7 Å². The molecule has 0 heterocycles. The van der Waals surface area contributed by atoms with Gasteiger partial charge in [0.1, 0.15) is 18.4 Å². The van der Waals surface area contributed by atoms with Crippen LogP contribution < -0.4 is 10.1 Å². The summed E-state index contributed by atoms with van der Waals surface area (Å²) in [5, 5.41) is 2.91. The van der Waals surface area contributed by atoms with E-state index < -0.39 is 6.04 Å². The average molecular weight is 395 g/mol. The van der Waals surface area contributed by atoms with Crippen molar-refractivity contribution in [2.45, 2.75) is 33.4 Å². The van der Waals surface area contributed by atoms with E-state index in [1.807, 2.05) is 63.2 Å². The molecule has 0 saturated carbocycles. The number of carbonyl (C=O) groups excluding carboxylic acids is 2. The van der Waals surface area contributed by atoms with E-state index in [1.54, 1.807) is 24.1 Å². The highest BCUT2D eigenvalue weighted by Gasteiger charge is 2.27. The molecule has 0 bridgehead atoms. The predicted octanol–water partition coefficient (Wildman–Crippen LogP) is 3.97. The van der Waals surface area contributed by atoms with Gasteiger partial charge in [-0.25, -0.2) is 0 Å². The van der Waals surface area contributed by atoms with E-state index in [1.165, 1.54) is 0 Å². The number of nitrogens with one attached hydrogen (secondary N) is 1. The van der Waals surface area contributed by atoms with Gasteiger partial charge in [-0.05, 0) is 42.2 Å². The minimum Gasteiger partial charge on any atom is -0.490 e. The second-order valence-electron chi connectivity index (χ2n) is 7.45. The zero-order valence-electron chi connectivity index (χ0n) is 17.6. The highest BCUT2D eigenvalue weighted by molar-refractivity contribution is 5.98. The Kier molecular flexibility index (Phi) is 8.01. The Morgan fingerprint density at radius 3 is 2.38 bits per heavy atom. The van der Waals surface area contributed by atoms with Crippen molar-refractivity contribution in [2.24, 2.45) is 5.92 Å². The van der Waals surface area contributed by atoms with Gasteiger partial charge < -0.3 is 15.0 Å². The summed E-state index contributed by atoms with van der Waals surface area (Å²) in [6.45, 7) is 10.3. The Bertz CT molecular complexity index is 843. The largest absolute Gasteiger partial charge is 0.490 e. The molecule has 0 unspecified atom stereocenters. The van der Waals surface area contributed by atoms with Gasteiger partial charge in [-0.2, -0.15) is 0 Å². The molecule has 0 radical (unpaired) electrons. The molecule has 0 aliphatic carbocycles. The fourth-order valence-corrected chi connectivity index (χ4v) is 3.00. The maximum Gasteiger partial charge on any atom is 0.252 e. The van der Waals surface area contributed by atoms with Crippen molar-refractivity contribution >= 4 is 11.8 Å². The molecule has 5 heteroatoms. The Morgan fingerprint density at radius 1 is 1.14 bits per heavy atom. The fourth-order valence-electron chi connectivity index (χ4n) is 3.00. The minimum atomic E-state index is -0.595. The van der Waals surface area contributed by atoms with Gasteiger partial charge in [-0.1, -0.05) is 56.8 Å². The summed E-state index contributed by atoms with van der Waals surface area (Å²) < 4.78 is 5.48. The van der Waals surface area contributed by atoms with Crippen molar-refractivity contribution in [2.75, 3.05) is 13.7 Å². The highest BCUT2D eigenvalue weighted by atomic mass is 16.5. The van der Waals surface area contributed by atoms with Crippen LogP contribution in [0.5, 0.6) is 5.75 Å². The molecule has 0 aliphatic heterocycles. The van der Waals surface area contributed by atoms with Gasteiger partial charge in [0.05, 0.1) is 0 Å². The lowest BCUT2D eigenvalue weighted by Gasteiger charge is -2.27. The molecule has 1 N–H and O–H groups in total. The van der Waals surface area contributed by atoms with Gasteiger partial charge in [0.25, 0.3) is 5.91 Å². The fraction of sp³-hybridized carbons (Fsp3) is 0.333. The summed E-state index contributed by atoms with van der Waals surface area (Å²) in [6, 6.07) is 14.4. The van der Waals surface area contributed by atoms with Crippen LogP contribution in [-0.4, -0.2) is 36.4 Å². The van der Waals surface area contributed by atoms with Crippen molar-refractivity contribution < 1.29 is 14.3 Å². The van der Waals surface area contributed by atoms with Crippen LogP contribution in [0, 0.1) is 12.8 Å². The van der Waals surface area contributed by atoms with Crippen molar-refractivity contribution in [3.63, 3.8) is 0 Å². The average Bonchev–Trinajstić information content (AvgIpc) is 2.70. The molecule has 0 fully saturated rings. The summed E-state index contributed by atoms with van der Waals surface area (Å²) in [7, 11) is 1.75. The maximum absolute atomic E-state index is 13.0. The Labute approximate surface area is 173 Å². The molecule has 2 aromatic carbocycles. The molecule has 0 aliphatic rings. The van der Waals surface area contributed by atoms with E-state index in [-0.39, 0.29) is 17.7 Å². The normalized spacial score (nSPS) is 11.6. The molecular formula is C24H30N2O3. The van der Waals surface area contributed by atoms with Gasteiger partial charge in [0.2, 0.25) is 5.91 Å². The first-order valence-electron chi connectivity index (χ1n) is 9.77. The summed E-state index contributed by atoms with van der Waals surface area (Å²) in [4.78, 5) is 27.4. The molecular weight excluding hydrogens is 364 g/mol. The van der Waals surface area contributed by atoms with Crippen LogP contribution in [-0.2, 0) is 11.3 Å². The first kappa shape index (κ1) is 22.2. The van der Waals surface area contributed by atoms with Crippen LogP contribution in [0.25, 0.3) is 0 Å². The van der Waals surface area contributed by atoms with Crippen LogP contribution in [0.4, 0.5) is 0 Å². The van der Waals surface area contributed by atoms with Crippen molar-refractivity contribution in [1.82, 2.24) is 10.2 Å². The van der Waals surface area contributed by atoms with Gasteiger partial charge in [0.15, 0.2) is 0 Å². The van der Waals surface area contributed by atoms with Crippen molar-refractivity contribution in [3.8, 4) is 5.75 Å². The predicted molar refractivity (Wildman–Crippen MR) is 116 cm³/mol. The second kappa shape index (κ2) is 10.5. The Morgan fingerprint density at radius 2 is 1.79 bits per heavy atom. The number of hydrogen-bond acceptors (Lipinski definition) is 3. The number of amides is 2. The third kappa shape index (κ3) is 6.21. The molecule has 0 saturated heterocycles. The zero-order chi connectivity index (χ0) is 21.4. The molecule has 0 spiro atoms. The standard InChI is InChI=1S/C24H30N2O3/c1-6-15-29-20-13-11-19(12-14-20)16-26(5)24(28)22(17(2)3)25-23(27)21-10-8-7-9-18(21)4/h6-14,17,22H,1,15-16H2,2-5H3,(H,25,27)/t22-/m0/s1. The van der Waals surface area contributed by atoms with Crippen molar-refractivity contribution in [3.05, 3.63) is 77.9 Å². The summed E-state index contributed by atoms with van der Waals surface area (Å²) >= 11 is 0. The van der Waals surface area contributed by atoms with Gasteiger partial charge in [-0.15, -0.1) is 0 Å². The number of nitrogens with zero attached hydrogens (tertiary/aromatic N) is 1. The molecule has 2 rings (SSSR count). The van der Waals surface area contributed by atoms with Crippen LogP contribution in [0.3, 0.4) is 0 Å². The lowest BCUT2D eigenvalue weighted by Crippen LogP contribution is -2.50. The van der Waals surface area contributed by atoms with Gasteiger partial charge >= 0.3 is 0 Å². The lowest BCUT2D eigenvalue weighted by molar-refractivity contribution is -0.133.